The highest BCUT2D eigenvalue weighted by Crippen LogP contribution is 2.64. The molecule has 24 heavy (non-hydrogen) atoms. The molecule has 2 heteroatoms. The average molecular weight is 318 g/mol. The summed E-state index contributed by atoms with van der Waals surface area (Å²) < 4.78 is 0. The van der Waals surface area contributed by atoms with Crippen LogP contribution in [0.4, 0.5) is 0 Å². The third-order valence-electron chi connectivity index (χ3n) is 5.91. The van der Waals surface area contributed by atoms with E-state index < -0.39 is 0 Å². The van der Waals surface area contributed by atoms with E-state index in [9.17, 15) is 9.59 Å². The summed E-state index contributed by atoms with van der Waals surface area (Å²) in [7, 11) is 0. The summed E-state index contributed by atoms with van der Waals surface area (Å²) in [6, 6.07) is 19.6. The van der Waals surface area contributed by atoms with Gasteiger partial charge in [-0.15, -0.1) is 0 Å². The molecule has 2 saturated carbocycles. The lowest BCUT2D eigenvalue weighted by atomic mass is 9.83. The quantitative estimate of drug-likeness (QED) is 0.742. The summed E-state index contributed by atoms with van der Waals surface area (Å²) in [6.45, 7) is 0. The van der Waals surface area contributed by atoms with Crippen molar-refractivity contribution in [3.8, 4) is 0 Å². The van der Waals surface area contributed by atoms with Gasteiger partial charge in [0, 0.05) is 29.2 Å². The molecule has 0 bridgehead atoms. The maximum absolute atomic E-state index is 12.8. The van der Waals surface area contributed by atoms with E-state index >= 15 is 0 Å². The minimum atomic E-state index is -0.114. The molecule has 4 rings (SSSR count). The van der Waals surface area contributed by atoms with Gasteiger partial charge in [-0.3, -0.25) is 9.59 Å². The van der Waals surface area contributed by atoms with Crippen LogP contribution in [0.3, 0.4) is 0 Å². The number of carbonyl (C=O) groups is 2. The fraction of sp³-hybridized carbons (Fsp3) is 0.364. The molecule has 2 nitrogen and oxygen atoms in total. The van der Waals surface area contributed by atoms with Crippen molar-refractivity contribution in [2.75, 3.05) is 0 Å². The minimum absolute atomic E-state index is 0.0181. The number of ketones is 2. The highest BCUT2D eigenvalue weighted by atomic mass is 16.1. The van der Waals surface area contributed by atoms with E-state index in [0.29, 0.717) is 12.2 Å². The first-order chi connectivity index (χ1) is 11.7. The lowest BCUT2D eigenvalue weighted by Crippen LogP contribution is -2.13. The number of rotatable bonds is 5. The van der Waals surface area contributed by atoms with Gasteiger partial charge < -0.3 is 0 Å². The van der Waals surface area contributed by atoms with Crippen molar-refractivity contribution in [2.45, 2.75) is 38.0 Å². The molecule has 0 aliphatic heterocycles. The van der Waals surface area contributed by atoms with Gasteiger partial charge in [-0.05, 0) is 18.4 Å². The summed E-state index contributed by atoms with van der Waals surface area (Å²) in [5.74, 6) is 0.589. The van der Waals surface area contributed by atoms with Crippen molar-refractivity contribution in [3.63, 3.8) is 0 Å². The molecular formula is C22H22O2. The molecule has 2 aromatic rings. The number of carbonyl (C=O) groups excluding carboxylic acids is 2. The monoisotopic (exact) mass is 318 g/mol. The van der Waals surface area contributed by atoms with E-state index in [1.54, 1.807) is 0 Å². The van der Waals surface area contributed by atoms with Crippen molar-refractivity contribution in [1.82, 2.24) is 0 Å². The molecule has 122 valence electrons. The Morgan fingerprint density at radius 1 is 0.958 bits per heavy atom. The topological polar surface area (TPSA) is 34.1 Å². The van der Waals surface area contributed by atoms with Gasteiger partial charge in [0.15, 0.2) is 5.78 Å². The van der Waals surface area contributed by atoms with Crippen molar-refractivity contribution < 1.29 is 9.59 Å². The second kappa shape index (κ2) is 6.01. The predicted octanol–water partition coefficient (Wildman–Crippen LogP) is 4.80. The zero-order valence-electron chi connectivity index (χ0n) is 13.8. The molecule has 2 aliphatic carbocycles. The Bertz CT molecular complexity index is 742. The highest BCUT2D eigenvalue weighted by Gasteiger charge is 2.67. The molecule has 1 spiro atoms. The standard InChI is InChI=1S/C22H22O2/c23-19(17-11-5-2-6-12-17)15-18(16-9-3-1-4-10-16)20-21(24)22(20)13-7-8-14-22/h1-6,9-12,18,20H,7-8,13-15H2/t18-,20+/m0/s1. The molecule has 0 N–H and O–H groups in total. The molecule has 0 saturated heterocycles. The van der Waals surface area contributed by atoms with Crippen LogP contribution in [0.5, 0.6) is 0 Å². The minimum Gasteiger partial charge on any atom is -0.299 e. The van der Waals surface area contributed by atoms with Gasteiger partial charge in [0.25, 0.3) is 0 Å². The van der Waals surface area contributed by atoms with Crippen molar-refractivity contribution in [1.29, 1.82) is 0 Å². The van der Waals surface area contributed by atoms with Crippen LogP contribution in [0, 0.1) is 11.3 Å². The molecular weight excluding hydrogens is 296 g/mol. The summed E-state index contributed by atoms with van der Waals surface area (Å²) >= 11 is 0. The zero-order chi connectivity index (χ0) is 16.6. The number of Topliss-reactive ketones (excluding diaryl/α,β-unsaturated/α-hetero) is 2. The fourth-order valence-electron chi connectivity index (χ4n) is 4.62. The molecule has 2 aromatic carbocycles. The first-order valence-corrected chi connectivity index (χ1v) is 8.90. The van der Waals surface area contributed by atoms with Gasteiger partial charge in [0.05, 0.1) is 0 Å². The van der Waals surface area contributed by atoms with Gasteiger partial charge >= 0.3 is 0 Å². The summed E-state index contributed by atoms with van der Waals surface area (Å²) in [5, 5.41) is 0. The van der Waals surface area contributed by atoms with Gasteiger partial charge in [0.1, 0.15) is 5.78 Å². The number of benzene rings is 2. The smallest absolute Gasteiger partial charge is 0.163 e. The Labute approximate surface area is 142 Å². The summed E-state index contributed by atoms with van der Waals surface area (Å²) in [4.78, 5) is 25.4. The third-order valence-corrected chi connectivity index (χ3v) is 5.91. The van der Waals surface area contributed by atoms with E-state index in [1.807, 2.05) is 48.5 Å². The molecule has 0 aromatic heterocycles. The molecule has 2 aliphatic rings. The second-order valence-electron chi connectivity index (χ2n) is 7.22. The van der Waals surface area contributed by atoms with Gasteiger partial charge in [-0.2, -0.15) is 0 Å². The van der Waals surface area contributed by atoms with E-state index in [-0.39, 0.29) is 23.0 Å². The highest BCUT2D eigenvalue weighted by molar-refractivity contribution is 6.06. The largest absolute Gasteiger partial charge is 0.299 e. The fourth-order valence-corrected chi connectivity index (χ4v) is 4.62. The predicted molar refractivity (Wildman–Crippen MR) is 94.0 cm³/mol. The Kier molecular flexibility index (Phi) is 3.84. The summed E-state index contributed by atoms with van der Waals surface area (Å²) in [5.41, 5.74) is 1.76. The molecule has 2 fully saturated rings. The van der Waals surface area contributed by atoms with Crippen LogP contribution < -0.4 is 0 Å². The molecule has 0 heterocycles. The molecule has 0 amide bonds. The maximum atomic E-state index is 12.8. The summed E-state index contributed by atoms with van der Waals surface area (Å²) in [6.07, 6.45) is 4.75. The molecule has 0 unspecified atom stereocenters. The Hall–Kier alpha value is -2.22. The normalized spacial score (nSPS) is 22.5. The van der Waals surface area contributed by atoms with Gasteiger partial charge in [0.2, 0.25) is 0 Å². The van der Waals surface area contributed by atoms with Gasteiger partial charge in [-0.1, -0.05) is 73.5 Å². The number of hydrogen-bond donors (Lipinski definition) is 0. The van der Waals surface area contributed by atoms with Crippen LogP contribution in [0.1, 0.15) is 53.9 Å². The van der Waals surface area contributed by atoms with Crippen molar-refractivity contribution >= 4 is 11.6 Å². The lowest BCUT2D eigenvalue weighted by Gasteiger charge is -2.18. The van der Waals surface area contributed by atoms with Crippen LogP contribution in [-0.2, 0) is 4.79 Å². The van der Waals surface area contributed by atoms with Crippen LogP contribution in [0.2, 0.25) is 0 Å². The van der Waals surface area contributed by atoms with Crippen LogP contribution in [-0.4, -0.2) is 11.6 Å². The Balaban J connectivity index is 1.63. The maximum Gasteiger partial charge on any atom is 0.163 e. The first-order valence-electron chi connectivity index (χ1n) is 8.90. The van der Waals surface area contributed by atoms with Crippen LogP contribution in [0.15, 0.2) is 60.7 Å². The first kappa shape index (κ1) is 15.3. The van der Waals surface area contributed by atoms with Gasteiger partial charge in [-0.25, -0.2) is 0 Å². The molecule has 2 atom stereocenters. The zero-order valence-corrected chi connectivity index (χ0v) is 13.8. The van der Waals surface area contributed by atoms with E-state index in [4.69, 9.17) is 0 Å². The SMILES string of the molecule is O=C(C[C@@H](c1ccccc1)[C@@H]1C(=O)C12CCCC2)c1ccccc1. The third kappa shape index (κ3) is 2.50. The van der Waals surface area contributed by atoms with E-state index in [1.165, 1.54) is 0 Å². The van der Waals surface area contributed by atoms with E-state index in [0.717, 1.165) is 36.8 Å². The van der Waals surface area contributed by atoms with Crippen molar-refractivity contribution in [2.24, 2.45) is 11.3 Å². The Morgan fingerprint density at radius 3 is 2.17 bits per heavy atom. The second-order valence-corrected chi connectivity index (χ2v) is 7.22. The van der Waals surface area contributed by atoms with Crippen molar-refractivity contribution in [3.05, 3.63) is 71.8 Å². The average Bonchev–Trinajstić information content (AvgIpc) is 2.99. The lowest BCUT2D eigenvalue weighted by molar-refractivity contribution is -0.113. The van der Waals surface area contributed by atoms with Crippen LogP contribution in [0.25, 0.3) is 0 Å². The number of hydrogen-bond acceptors (Lipinski definition) is 2. The van der Waals surface area contributed by atoms with E-state index in [2.05, 4.69) is 12.1 Å². The Morgan fingerprint density at radius 2 is 1.54 bits per heavy atom. The molecule has 0 radical (unpaired) electrons. The van der Waals surface area contributed by atoms with Crippen LogP contribution >= 0.6 is 0 Å².